The number of aromatic nitrogens is 1. The number of thiazole rings is 1. The fourth-order valence-corrected chi connectivity index (χ4v) is 2.29. The van der Waals surface area contributed by atoms with Crippen LogP contribution in [-0.2, 0) is 0 Å². The summed E-state index contributed by atoms with van der Waals surface area (Å²) >= 11 is 1.65. The molecule has 0 atom stereocenters. The van der Waals surface area contributed by atoms with E-state index in [1.54, 1.807) is 17.4 Å². The summed E-state index contributed by atoms with van der Waals surface area (Å²) in [6, 6.07) is 5.55. The standard InChI is InChI=1S/C10H10N4S/c1-6(2)10-12-8-4-3-7(13-14-11)5-9(8)15-10/h3-6H,1-2H3. The third-order valence-corrected chi connectivity index (χ3v) is 3.36. The van der Waals surface area contributed by atoms with Gasteiger partial charge in [0.25, 0.3) is 0 Å². The highest BCUT2D eigenvalue weighted by molar-refractivity contribution is 7.18. The van der Waals surface area contributed by atoms with Gasteiger partial charge in [0.05, 0.1) is 15.2 Å². The van der Waals surface area contributed by atoms with Crippen LogP contribution in [0.2, 0.25) is 0 Å². The maximum atomic E-state index is 8.33. The Morgan fingerprint density at radius 3 is 2.93 bits per heavy atom. The molecule has 0 fully saturated rings. The lowest BCUT2D eigenvalue weighted by molar-refractivity contribution is 0.857. The van der Waals surface area contributed by atoms with E-state index >= 15 is 0 Å². The van der Waals surface area contributed by atoms with E-state index in [0.717, 1.165) is 15.2 Å². The molecule has 0 saturated carbocycles. The van der Waals surface area contributed by atoms with Gasteiger partial charge in [-0.25, -0.2) is 4.98 Å². The molecule has 1 heterocycles. The molecule has 0 amide bonds. The van der Waals surface area contributed by atoms with Gasteiger partial charge >= 0.3 is 0 Å². The predicted octanol–water partition coefficient (Wildman–Crippen LogP) is 4.36. The first-order chi connectivity index (χ1) is 7.20. The second-order valence-electron chi connectivity index (χ2n) is 3.55. The fourth-order valence-electron chi connectivity index (χ4n) is 1.29. The quantitative estimate of drug-likeness (QED) is 0.419. The molecule has 15 heavy (non-hydrogen) atoms. The van der Waals surface area contributed by atoms with Crippen LogP contribution in [-0.4, -0.2) is 4.98 Å². The molecule has 0 unspecified atom stereocenters. The normalized spacial score (nSPS) is 10.6. The van der Waals surface area contributed by atoms with Crippen LogP contribution in [0.1, 0.15) is 24.8 Å². The van der Waals surface area contributed by atoms with Gasteiger partial charge in [-0.15, -0.1) is 11.3 Å². The molecular formula is C10H10N4S. The lowest BCUT2D eigenvalue weighted by Crippen LogP contribution is -1.82. The van der Waals surface area contributed by atoms with E-state index in [9.17, 15) is 0 Å². The second-order valence-corrected chi connectivity index (χ2v) is 4.61. The van der Waals surface area contributed by atoms with Gasteiger partial charge in [-0.05, 0) is 17.7 Å². The summed E-state index contributed by atoms with van der Waals surface area (Å²) in [6.07, 6.45) is 0. The molecule has 0 saturated heterocycles. The third-order valence-electron chi connectivity index (χ3n) is 2.04. The van der Waals surface area contributed by atoms with Gasteiger partial charge in [0.2, 0.25) is 0 Å². The number of benzene rings is 1. The van der Waals surface area contributed by atoms with E-state index in [4.69, 9.17) is 5.53 Å². The predicted molar refractivity (Wildman–Crippen MR) is 62.5 cm³/mol. The van der Waals surface area contributed by atoms with Crippen LogP contribution in [0.5, 0.6) is 0 Å². The summed E-state index contributed by atoms with van der Waals surface area (Å²) in [7, 11) is 0. The highest BCUT2D eigenvalue weighted by Crippen LogP contribution is 2.29. The van der Waals surface area contributed by atoms with Crippen LogP contribution >= 0.6 is 11.3 Å². The van der Waals surface area contributed by atoms with Gasteiger partial charge in [0.15, 0.2) is 0 Å². The summed E-state index contributed by atoms with van der Waals surface area (Å²) in [5.41, 5.74) is 9.95. The largest absolute Gasteiger partial charge is 0.241 e. The van der Waals surface area contributed by atoms with Gasteiger partial charge in [-0.3, -0.25) is 0 Å². The number of azide groups is 1. The number of rotatable bonds is 2. The Morgan fingerprint density at radius 1 is 1.47 bits per heavy atom. The Balaban J connectivity index is 2.56. The lowest BCUT2D eigenvalue weighted by atomic mass is 10.2. The van der Waals surface area contributed by atoms with E-state index in [-0.39, 0.29) is 0 Å². The number of hydrogen-bond acceptors (Lipinski definition) is 3. The summed E-state index contributed by atoms with van der Waals surface area (Å²) in [6.45, 7) is 4.23. The maximum absolute atomic E-state index is 8.33. The zero-order chi connectivity index (χ0) is 10.8. The maximum Gasteiger partial charge on any atom is 0.0963 e. The van der Waals surface area contributed by atoms with E-state index in [1.807, 2.05) is 12.1 Å². The van der Waals surface area contributed by atoms with Gasteiger partial charge in [-0.2, -0.15) is 0 Å². The topological polar surface area (TPSA) is 61.7 Å². The van der Waals surface area contributed by atoms with Crippen molar-refractivity contribution in [3.63, 3.8) is 0 Å². The van der Waals surface area contributed by atoms with Crippen molar-refractivity contribution >= 4 is 27.2 Å². The summed E-state index contributed by atoms with van der Waals surface area (Å²) in [5, 5.41) is 4.68. The Bertz CT molecular complexity index is 537. The smallest absolute Gasteiger partial charge is 0.0963 e. The van der Waals surface area contributed by atoms with Crippen LogP contribution < -0.4 is 0 Å². The molecule has 5 heteroatoms. The fraction of sp³-hybridized carbons (Fsp3) is 0.300. The zero-order valence-corrected chi connectivity index (χ0v) is 9.32. The SMILES string of the molecule is CC(C)c1nc2ccc(N=[N+]=[N-])cc2s1. The zero-order valence-electron chi connectivity index (χ0n) is 8.51. The summed E-state index contributed by atoms with van der Waals surface area (Å²) in [5.74, 6) is 0.435. The Morgan fingerprint density at radius 2 is 2.27 bits per heavy atom. The Labute approximate surface area is 91.2 Å². The van der Waals surface area contributed by atoms with E-state index in [0.29, 0.717) is 11.6 Å². The summed E-state index contributed by atoms with van der Waals surface area (Å²) in [4.78, 5) is 7.26. The molecule has 0 aliphatic carbocycles. The number of hydrogen-bond donors (Lipinski definition) is 0. The van der Waals surface area contributed by atoms with Crippen molar-refractivity contribution in [1.82, 2.24) is 4.98 Å². The number of nitrogens with zero attached hydrogens (tertiary/aromatic N) is 4. The molecule has 0 N–H and O–H groups in total. The van der Waals surface area contributed by atoms with Gasteiger partial charge in [0.1, 0.15) is 0 Å². The average Bonchev–Trinajstić information content (AvgIpc) is 2.61. The van der Waals surface area contributed by atoms with E-state index < -0.39 is 0 Å². The minimum Gasteiger partial charge on any atom is -0.241 e. The molecule has 0 aliphatic rings. The second kappa shape index (κ2) is 3.88. The highest BCUT2D eigenvalue weighted by Gasteiger charge is 2.07. The van der Waals surface area contributed by atoms with Crippen LogP contribution in [0.25, 0.3) is 20.7 Å². The Hall–Kier alpha value is -1.58. The molecule has 0 bridgehead atoms. The van der Waals surface area contributed by atoms with Crippen molar-refractivity contribution in [3.05, 3.63) is 33.6 Å². The van der Waals surface area contributed by atoms with Crippen LogP contribution in [0.15, 0.2) is 23.3 Å². The van der Waals surface area contributed by atoms with Crippen LogP contribution in [0.3, 0.4) is 0 Å². The Kier molecular flexibility index (Phi) is 2.58. The molecule has 0 aliphatic heterocycles. The van der Waals surface area contributed by atoms with Crippen molar-refractivity contribution in [1.29, 1.82) is 0 Å². The van der Waals surface area contributed by atoms with E-state index in [1.165, 1.54) is 0 Å². The summed E-state index contributed by atoms with van der Waals surface area (Å²) < 4.78 is 1.07. The lowest BCUT2D eigenvalue weighted by Gasteiger charge is -1.94. The molecule has 4 nitrogen and oxygen atoms in total. The highest BCUT2D eigenvalue weighted by atomic mass is 32.1. The molecule has 0 radical (unpaired) electrons. The van der Waals surface area contributed by atoms with Gasteiger partial charge in [-0.1, -0.05) is 25.0 Å². The molecule has 2 aromatic rings. The average molecular weight is 218 g/mol. The van der Waals surface area contributed by atoms with Gasteiger partial charge < -0.3 is 0 Å². The first-order valence-electron chi connectivity index (χ1n) is 4.66. The first-order valence-corrected chi connectivity index (χ1v) is 5.48. The van der Waals surface area contributed by atoms with Crippen molar-refractivity contribution in [3.8, 4) is 0 Å². The molecular weight excluding hydrogens is 208 g/mol. The monoisotopic (exact) mass is 218 g/mol. The van der Waals surface area contributed by atoms with Crippen molar-refractivity contribution in [2.24, 2.45) is 5.11 Å². The van der Waals surface area contributed by atoms with Crippen LogP contribution in [0.4, 0.5) is 5.69 Å². The third kappa shape index (κ3) is 1.93. The van der Waals surface area contributed by atoms with E-state index in [2.05, 4.69) is 28.9 Å². The molecule has 76 valence electrons. The van der Waals surface area contributed by atoms with Crippen molar-refractivity contribution in [2.75, 3.05) is 0 Å². The van der Waals surface area contributed by atoms with Crippen molar-refractivity contribution in [2.45, 2.75) is 19.8 Å². The molecule has 1 aromatic carbocycles. The van der Waals surface area contributed by atoms with Gasteiger partial charge in [0, 0.05) is 16.5 Å². The number of fused-ring (bicyclic) bond motifs is 1. The molecule has 1 aromatic heterocycles. The van der Waals surface area contributed by atoms with Crippen molar-refractivity contribution < 1.29 is 0 Å². The first kappa shape index (κ1) is 9.96. The van der Waals surface area contributed by atoms with Crippen LogP contribution in [0, 0.1) is 0 Å². The minimum atomic E-state index is 0.435. The molecule has 0 spiro atoms. The minimum absolute atomic E-state index is 0.435. The molecule has 2 rings (SSSR count).